The molecule has 7 nitrogen and oxygen atoms in total. The Morgan fingerprint density at radius 3 is 2.47 bits per heavy atom. The molecule has 0 fully saturated rings. The second-order valence-corrected chi connectivity index (χ2v) is 7.84. The molecule has 4 rings (SSSR count). The third kappa shape index (κ3) is 3.96. The van der Waals surface area contributed by atoms with Crippen LogP contribution in [0.1, 0.15) is 32.0 Å². The van der Waals surface area contributed by atoms with Crippen molar-refractivity contribution in [2.45, 2.75) is 40.3 Å². The van der Waals surface area contributed by atoms with E-state index >= 15 is 0 Å². The molecule has 0 N–H and O–H groups in total. The Labute approximate surface area is 175 Å². The second kappa shape index (κ2) is 8.49. The Morgan fingerprint density at radius 1 is 1.03 bits per heavy atom. The van der Waals surface area contributed by atoms with E-state index in [1.54, 1.807) is 15.6 Å². The highest BCUT2D eigenvalue weighted by Crippen LogP contribution is 2.26. The molecule has 0 spiro atoms. The Hall–Kier alpha value is -3.48. The zero-order chi connectivity index (χ0) is 21.1. The molecule has 2 aromatic carbocycles. The lowest BCUT2D eigenvalue weighted by atomic mass is 10.0. The Bertz CT molecular complexity index is 1170. The monoisotopic (exact) mass is 402 g/mol. The minimum Gasteiger partial charge on any atom is -0.299 e. The van der Waals surface area contributed by atoms with Crippen molar-refractivity contribution < 1.29 is 0 Å². The van der Waals surface area contributed by atoms with Crippen LogP contribution in [0.25, 0.3) is 16.8 Å². The third-order valence-corrected chi connectivity index (χ3v) is 5.19. The highest BCUT2D eigenvalue weighted by molar-refractivity contribution is 5.72. The lowest BCUT2D eigenvalue weighted by molar-refractivity contribution is 0.594. The van der Waals surface area contributed by atoms with Gasteiger partial charge in [-0.25, -0.2) is 4.79 Å². The lowest BCUT2D eigenvalue weighted by Crippen LogP contribution is -2.25. The molecule has 0 saturated heterocycles. The summed E-state index contributed by atoms with van der Waals surface area (Å²) in [7, 11) is 0. The fourth-order valence-electron chi connectivity index (χ4n) is 3.72. The third-order valence-electron chi connectivity index (χ3n) is 5.19. The average molecular weight is 403 g/mol. The molecular weight excluding hydrogens is 376 g/mol. The minimum atomic E-state index is 0.0567. The first-order chi connectivity index (χ1) is 14.6. The average Bonchev–Trinajstić information content (AvgIpc) is 3.38. The van der Waals surface area contributed by atoms with Crippen molar-refractivity contribution in [2.75, 3.05) is 0 Å². The van der Waals surface area contributed by atoms with Crippen LogP contribution in [0.4, 0.5) is 0 Å². The number of para-hydroxylation sites is 1. The Balaban J connectivity index is 1.64. The summed E-state index contributed by atoms with van der Waals surface area (Å²) in [4.78, 5) is 12.8. The highest BCUT2D eigenvalue weighted by Gasteiger charge is 2.13. The molecule has 30 heavy (non-hydrogen) atoms. The van der Waals surface area contributed by atoms with Gasteiger partial charge < -0.3 is 0 Å². The van der Waals surface area contributed by atoms with E-state index in [4.69, 9.17) is 0 Å². The van der Waals surface area contributed by atoms with E-state index in [9.17, 15) is 4.79 Å². The number of hydrogen-bond donors (Lipinski definition) is 0. The molecule has 4 aromatic rings. The van der Waals surface area contributed by atoms with E-state index in [0.29, 0.717) is 19.0 Å². The van der Waals surface area contributed by atoms with Gasteiger partial charge in [0.2, 0.25) is 0 Å². The summed E-state index contributed by atoms with van der Waals surface area (Å²) in [5.74, 6) is 0.494. The van der Waals surface area contributed by atoms with Crippen molar-refractivity contribution in [2.24, 2.45) is 5.92 Å². The van der Waals surface area contributed by atoms with Crippen LogP contribution in [-0.2, 0) is 19.5 Å². The van der Waals surface area contributed by atoms with E-state index in [1.165, 1.54) is 0 Å². The molecular formula is C23H26N6O. The number of nitrogens with zero attached hydrogens (tertiary/aromatic N) is 6. The molecule has 0 radical (unpaired) electrons. The molecule has 7 heteroatoms. The zero-order valence-corrected chi connectivity index (χ0v) is 17.6. The van der Waals surface area contributed by atoms with Gasteiger partial charge in [-0.1, -0.05) is 56.3 Å². The van der Waals surface area contributed by atoms with Crippen molar-refractivity contribution in [1.82, 2.24) is 29.3 Å². The fraction of sp³-hybridized carbons (Fsp3) is 0.304. The molecule has 2 heterocycles. The zero-order valence-electron chi connectivity index (χ0n) is 17.6. The summed E-state index contributed by atoms with van der Waals surface area (Å²) in [6, 6.07) is 16.4. The number of aryl methyl sites for hydroxylation is 1. The molecule has 0 aliphatic carbocycles. The van der Waals surface area contributed by atoms with Crippen LogP contribution in [0.3, 0.4) is 0 Å². The number of hydrogen-bond acceptors (Lipinski definition) is 4. The van der Waals surface area contributed by atoms with Gasteiger partial charge in [0, 0.05) is 24.0 Å². The van der Waals surface area contributed by atoms with Gasteiger partial charge in [-0.3, -0.25) is 9.13 Å². The summed E-state index contributed by atoms with van der Waals surface area (Å²) in [6.45, 7) is 7.61. The molecule has 0 saturated carbocycles. The van der Waals surface area contributed by atoms with Crippen LogP contribution in [-0.4, -0.2) is 29.3 Å². The highest BCUT2D eigenvalue weighted by atomic mass is 16.1. The first kappa shape index (κ1) is 19.8. The maximum atomic E-state index is 12.8. The van der Waals surface area contributed by atoms with Gasteiger partial charge in [-0.2, -0.15) is 4.68 Å². The molecule has 0 aliphatic heterocycles. The molecule has 0 atom stereocenters. The van der Waals surface area contributed by atoms with Crippen molar-refractivity contribution in [1.29, 1.82) is 0 Å². The topological polar surface area (TPSA) is 70.5 Å². The van der Waals surface area contributed by atoms with Gasteiger partial charge in [0.25, 0.3) is 0 Å². The molecule has 154 valence electrons. The lowest BCUT2D eigenvalue weighted by Gasteiger charge is -2.11. The minimum absolute atomic E-state index is 0.0567. The van der Waals surface area contributed by atoms with Gasteiger partial charge in [-0.15, -0.1) is 5.10 Å². The van der Waals surface area contributed by atoms with Crippen LogP contribution >= 0.6 is 0 Å². The van der Waals surface area contributed by atoms with E-state index in [0.717, 1.165) is 34.5 Å². The van der Waals surface area contributed by atoms with Crippen LogP contribution in [0.5, 0.6) is 0 Å². The fourth-order valence-corrected chi connectivity index (χ4v) is 3.72. The first-order valence-electron chi connectivity index (χ1n) is 10.3. The summed E-state index contributed by atoms with van der Waals surface area (Å²) in [5.41, 5.74) is 5.29. The van der Waals surface area contributed by atoms with E-state index < -0.39 is 0 Å². The number of aromatic nitrogens is 6. The molecule has 0 unspecified atom stereocenters. The summed E-state index contributed by atoms with van der Waals surface area (Å²) in [6.07, 6.45) is 4.48. The van der Waals surface area contributed by atoms with Gasteiger partial charge in [-0.05, 0) is 46.9 Å². The second-order valence-electron chi connectivity index (χ2n) is 7.84. The van der Waals surface area contributed by atoms with Gasteiger partial charge in [0.15, 0.2) is 0 Å². The van der Waals surface area contributed by atoms with Crippen molar-refractivity contribution in [3.63, 3.8) is 0 Å². The first-order valence-corrected chi connectivity index (χ1v) is 10.3. The number of imidazole rings is 1. The van der Waals surface area contributed by atoms with Crippen LogP contribution in [0.2, 0.25) is 0 Å². The van der Waals surface area contributed by atoms with Crippen molar-refractivity contribution in [3.8, 4) is 16.8 Å². The maximum Gasteiger partial charge on any atom is 0.328 e. The Morgan fingerprint density at radius 2 is 1.80 bits per heavy atom. The Kier molecular flexibility index (Phi) is 5.61. The van der Waals surface area contributed by atoms with Gasteiger partial charge in [0.1, 0.15) is 6.33 Å². The number of benzene rings is 2. The predicted octanol–water partition coefficient (Wildman–Crippen LogP) is 3.56. The number of rotatable bonds is 7. The normalized spacial score (nSPS) is 11.3. The van der Waals surface area contributed by atoms with E-state index in [2.05, 4.69) is 59.7 Å². The van der Waals surface area contributed by atoms with Gasteiger partial charge in [0.05, 0.1) is 12.2 Å². The largest absolute Gasteiger partial charge is 0.328 e. The summed E-state index contributed by atoms with van der Waals surface area (Å²) in [5, 5.41) is 11.5. The molecule has 0 aliphatic rings. The van der Waals surface area contributed by atoms with E-state index in [1.807, 2.05) is 35.9 Å². The number of tetrazole rings is 1. The standard InChI is InChI=1S/C23H26N6O/c1-4-27-15-20(13-17(2)3)28(23(27)30)14-18-9-11-19(12-10-18)21-7-5-6-8-22(21)29-16-24-25-26-29/h5-12,15-17H,4,13-14H2,1-3H3. The van der Waals surface area contributed by atoms with Crippen molar-refractivity contribution in [3.05, 3.63) is 82.8 Å². The molecule has 0 amide bonds. The van der Waals surface area contributed by atoms with Gasteiger partial charge >= 0.3 is 5.69 Å². The summed E-state index contributed by atoms with van der Waals surface area (Å²) < 4.78 is 5.34. The predicted molar refractivity (Wildman–Crippen MR) is 117 cm³/mol. The summed E-state index contributed by atoms with van der Waals surface area (Å²) >= 11 is 0. The van der Waals surface area contributed by atoms with Crippen LogP contribution in [0, 0.1) is 5.92 Å². The van der Waals surface area contributed by atoms with E-state index in [-0.39, 0.29) is 5.69 Å². The van der Waals surface area contributed by atoms with Crippen molar-refractivity contribution >= 4 is 0 Å². The molecule has 0 bridgehead atoms. The molecule has 2 aromatic heterocycles. The van der Waals surface area contributed by atoms with Crippen LogP contribution in [0.15, 0.2) is 65.8 Å². The van der Waals surface area contributed by atoms with Crippen LogP contribution < -0.4 is 5.69 Å². The smallest absolute Gasteiger partial charge is 0.299 e. The quantitative estimate of drug-likeness (QED) is 0.474. The SMILES string of the molecule is CCn1cc(CC(C)C)n(Cc2ccc(-c3ccccc3-n3cnnn3)cc2)c1=O. The maximum absolute atomic E-state index is 12.8.